The number of imidazole rings is 1. The minimum atomic E-state index is 0.0557. The van der Waals surface area contributed by atoms with Gasteiger partial charge in [-0.25, -0.2) is 4.98 Å². The van der Waals surface area contributed by atoms with Crippen LogP contribution in [0.25, 0.3) is 11.0 Å². The van der Waals surface area contributed by atoms with E-state index >= 15 is 0 Å². The molecule has 4 heteroatoms. The Bertz CT molecular complexity index is 537. The summed E-state index contributed by atoms with van der Waals surface area (Å²) in [7, 11) is 0. The molecule has 0 saturated heterocycles. The van der Waals surface area contributed by atoms with Crippen molar-refractivity contribution in [3.8, 4) is 0 Å². The second kappa shape index (κ2) is 2.97. The number of nitrogen functional groups attached to an aromatic ring is 1. The smallest absolute Gasteiger partial charge is 0.201 e. The Morgan fingerprint density at radius 3 is 2.88 bits per heavy atom. The van der Waals surface area contributed by atoms with Crippen LogP contribution < -0.4 is 5.73 Å². The van der Waals surface area contributed by atoms with Crippen LogP contribution in [0.1, 0.15) is 26.7 Å². The third kappa shape index (κ3) is 1.22. The van der Waals surface area contributed by atoms with Crippen LogP contribution in [-0.2, 0) is 5.54 Å². The maximum Gasteiger partial charge on any atom is 0.201 e. The van der Waals surface area contributed by atoms with Gasteiger partial charge in [0.2, 0.25) is 5.95 Å². The van der Waals surface area contributed by atoms with Gasteiger partial charge in [0.15, 0.2) is 0 Å². The van der Waals surface area contributed by atoms with Crippen molar-refractivity contribution < 1.29 is 0 Å². The van der Waals surface area contributed by atoms with Crippen LogP contribution in [-0.4, -0.2) is 14.5 Å². The minimum absolute atomic E-state index is 0.0557. The number of fused-ring (bicyclic) bond motifs is 1. The molecule has 3 rings (SSSR count). The summed E-state index contributed by atoms with van der Waals surface area (Å²) < 4.78 is 2.15. The molecule has 1 saturated carbocycles. The fourth-order valence-corrected chi connectivity index (χ4v) is 2.53. The van der Waals surface area contributed by atoms with Crippen molar-refractivity contribution in [3.05, 3.63) is 18.5 Å². The van der Waals surface area contributed by atoms with Gasteiger partial charge in [-0.15, -0.1) is 0 Å². The van der Waals surface area contributed by atoms with Crippen LogP contribution in [0.3, 0.4) is 0 Å². The Morgan fingerprint density at radius 1 is 1.44 bits per heavy atom. The van der Waals surface area contributed by atoms with Crippen molar-refractivity contribution in [2.24, 2.45) is 5.92 Å². The Balaban J connectivity index is 2.25. The molecule has 0 radical (unpaired) electrons. The fourth-order valence-electron chi connectivity index (χ4n) is 2.53. The van der Waals surface area contributed by atoms with E-state index in [1.165, 1.54) is 12.8 Å². The maximum absolute atomic E-state index is 6.03. The van der Waals surface area contributed by atoms with E-state index in [1.54, 1.807) is 12.4 Å². The van der Waals surface area contributed by atoms with Gasteiger partial charge in [-0.1, -0.05) is 0 Å². The standard InChI is InChI=1S/C12H16N4/c1-12(2,8-3-4-8)16-10-5-6-14-7-9(10)15-11(16)13/h5-8H,3-4H2,1-2H3,(H2,13,15). The van der Waals surface area contributed by atoms with Gasteiger partial charge in [-0.05, 0) is 38.7 Å². The summed E-state index contributed by atoms with van der Waals surface area (Å²) in [5, 5.41) is 0. The molecular weight excluding hydrogens is 200 g/mol. The summed E-state index contributed by atoms with van der Waals surface area (Å²) in [5.74, 6) is 1.32. The van der Waals surface area contributed by atoms with Crippen LogP contribution in [0.15, 0.2) is 18.5 Å². The predicted molar refractivity (Wildman–Crippen MR) is 64.0 cm³/mol. The van der Waals surface area contributed by atoms with E-state index in [4.69, 9.17) is 5.73 Å². The quantitative estimate of drug-likeness (QED) is 0.836. The molecule has 0 atom stereocenters. The molecule has 2 N–H and O–H groups in total. The number of nitrogens with two attached hydrogens (primary N) is 1. The van der Waals surface area contributed by atoms with E-state index in [9.17, 15) is 0 Å². The van der Waals surface area contributed by atoms with E-state index in [0.29, 0.717) is 5.95 Å². The van der Waals surface area contributed by atoms with Gasteiger partial charge in [-0.3, -0.25) is 4.98 Å². The van der Waals surface area contributed by atoms with Crippen molar-refractivity contribution in [3.63, 3.8) is 0 Å². The number of rotatable bonds is 2. The molecule has 1 fully saturated rings. The zero-order chi connectivity index (χ0) is 11.3. The molecule has 2 heterocycles. The third-order valence-electron chi connectivity index (χ3n) is 3.64. The molecule has 0 aromatic carbocycles. The lowest BCUT2D eigenvalue weighted by Crippen LogP contribution is -2.29. The number of aromatic nitrogens is 3. The lowest BCUT2D eigenvalue weighted by atomic mass is 9.98. The molecule has 0 aliphatic heterocycles. The van der Waals surface area contributed by atoms with Crippen molar-refractivity contribution in [1.82, 2.24) is 14.5 Å². The zero-order valence-electron chi connectivity index (χ0n) is 9.64. The molecule has 1 aliphatic rings. The summed E-state index contributed by atoms with van der Waals surface area (Å²) in [4.78, 5) is 8.45. The number of nitrogens with zero attached hydrogens (tertiary/aromatic N) is 3. The van der Waals surface area contributed by atoms with E-state index < -0.39 is 0 Å². The average molecular weight is 216 g/mol. The van der Waals surface area contributed by atoms with Gasteiger partial charge in [-0.2, -0.15) is 0 Å². The molecule has 2 aromatic rings. The second-order valence-corrected chi connectivity index (χ2v) is 5.10. The molecule has 16 heavy (non-hydrogen) atoms. The lowest BCUT2D eigenvalue weighted by molar-refractivity contribution is 0.318. The molecule has 2 aromatic heterocycles. The third-order valence-corrected chi connectivity index (χ3v) is 3.64. The first-order chi connectivity index (χ1) is 7.60. The highest BCUT2D eigenvalue weighted by Gasteiger charge is 2.40. The molecule has 0 unspecified atom stereocenters. The highest BCUT2D eigenvalue weighted by molar-refractivity contribution is 5.77. The van der Waals surface area contributed by atoms with E-state index in [1.807, 2.05) is 6.07 Å². The van der Waals surface area contributed by atoms with Gasteiger partial charge in [0.05, 0.1) is 11.7 Å². The molecule has 1 aliphatic carbocycles. The predicted octanol–water partition coefficient (Wildman–Crippen LogP) is 2.16. The fraction of sp³-hybridized carbons (Fsp3) is 0.500. The van der Waals surface area contributed by atoms with Crippen LogP contribution in [0.4, 0.5) is 5.95 Å². The minimum Gasteiger partial charge on any atom is -0.369 e. The van der Waals surface area contributed by atoms with Crippen LogP contribution >= 0.6 is 0 Å². The van der Waals surface area contributed by atoms with Gasteiger partial charge < -0.3 is 10.3 Å². The summed E-state index contributed by atoms with van der Waals surface area (Å²) in [6.45, 7) is 4.48. The molecule has 0 spiro atoms. The van der Waals surface area contributed by atoms with Gasteiger partial charge in [0.25, 0.3) is 0 Å². The number of hydrogen-bond donors (Lipinski definition) is 1. The van der Waals surface area contributed by atoms with Crippen molar-refractivity contribution >= 4 is 17.0 Å². The molecule has 0 bridgehead atoms. The summed E-state index contributed by atoms with van der Waals surface area (Å²) >= 11 is 0. The van der Waals surface area contributed by atoms with E-state index in [-0.39, 0.29) is 5.54 Å². The van der Waals surface area contributed by atoms with Crippen LogP contribution in [0, 0.1) is 5.92 Å². The zero-order valence-corrected chi connectivity index (χ0v) is 9.64. The van der Waals surface area contributed by atoms with E-state index in [0.717, 1.165) is 17.0 Å². The monoisotopic (exact) mass is 216 g/mol. The Morgan fingerprint density at radius 2 is 2.19 bits per heavy atom. The SMILES string of the molecule is CC(C)(C1CC1)n1c(N)nc2cnccc21. The van der Waals surface area contributed by atoms with Crippen LogP contribution in [0.5, 0.6) is 0 Å². The first-order valence-electron chi connectivity index (χ1n) is 5.69. The largest absolute Gasteiger partial charge is 0.369 e. The molecule has 0 amide bonds. The summed E-state index contributed by atoms with van der Waals surface area (Å²) in [6.07, 6.45) is 6.14. The first-order valence-corrected chi connectivity index (χ1v) is 5.69. The first kappa shape index (κ1) is 9.63. The second-order valence-electron chi connectivity index (χ2n) is 5.10. The molecule has 4 nitrogen and oxygen atoms in total. The number of pyridine rings is 1. The van der Waals surface area contributed by atoms with E-state index in [2.05, 4.69) is 28.4 Å². The lowest BCUT2D eigenvalue weighted by Gasteiger charge is -2.28. The maximum atomic E-state index is 6.03. The van der Waals surface area contributed by atoms with Gasteiger partial charge in [0.1, 0.15) is 5.52 Å². The number of hydrogen-bond acceptors (Lipinski definition) is 3. The van der Waals surface area contributed by atoms with Gasteiger partial charge >= 0.3 is 0 Å². The van der Waals surface area contributed by atoms with Crippen molar-refractivity contribution in [2.75, 3.05) is 5.73 Å². The average Bonchev–Trinajstić information content (AvgIpc) is 3.00. The van der Waals surface area contributed by atoms with Gasteiger partial charge in [0, 0.05) is 11.7 Å². The Kier molecular flexibility index (Phi) is 1.79. The molecular formula is C12H16N4. The topological polar surface area (TPSA) is 56.7 Å². The highest BCUT2D eigenvalue weighted by atomic mass is 15.2. The van der Waals surface area contributed by atoms with Crippen LogP contribution in [0.2, 0.25) is 0 Å². The normalized spacial score (nSPS) is 16.9. The number of anilines is 1. The van der Waals surface area contributed by atoms with Crippen molar-refractivity contribution in [1.29, 1.82) is 0 Å². The van der Waals surface area contributed by atoms with Crippen molar-refractivity contribution in [2.45, 2.75) is 32.2 Å². The summed E-state index contributed by atoms with van der Waals surface area (Å²) in [5.41, 5.74) is 8.06. The Labute approximate surface area is 94.5 Å². The highest BCUT2D eigenvalue weighted by Crippen LogP contribution is 2.45. The summed E-state index contributed by atoms with van der Waals surface area (Å²) in [6, 6.07) is 1.99. The Hall–Kier alpha value is -1.58. The molecule has 84 valence electrons.